The third kappa shape index (κ3) is 8.88. The molecule has 0 aromatic carbocycles. The van der Waals surface area contributed by atoms with Crippen molar-refractivity contribution in [3.63, 3.8) is 0 Å². The highest BCUT2D eigenvalue weighted by molar-refractivity contribution is 7.10. The first-order chi connectivity index (χ1) is 12.0. The highest BCUT2D eigenvalue weighted by Gasteiger charge is 2.23. The van der Waals surface area contributed by atoms with Crippen molar-refractivity contribution >= 4 is 23.3 Å². The molecular formula is C18H31N3O3S. The lowest BCUT2D eigenvalue weighted by atomic mass is 10.1. The molecule has 0 bridgehead atoms. The normalized spacial score (nSPS) is 14.0. The number of aliphatic hydroxyl groups is 1. The van der Waals surface area contributed by atoms with Gasteiger partial charge in [0.25, 0.3) is 0 Å². The molecule has 1 atom stereocenters. The van der Waals surface area contributed by atoms with Crippen molar-refractivity contribution in [3.05, 3.63) is 22.4 Å². The fourth-order valence-corrected chi connectivity index (χ4v) is 3.07. The Morgan fingerprint density at radius 2 is 2.08 bits per heavy atom. The molecule has 3 N–H and O–H groups in total. The van der Waals surface area contributed by atoms with Crippen LogP contribution in [0.15, 0.2) is 22.5 Å². The van der Waals surface area contributed by atoms with Crippen LogP contribution in [0.3, 0.4) is 0 Å². The molecule has 0 aliphatic heterocycles. The molecule has 1 unspecified atom stereocenters. The second kappa shape index (κ2) is 11.9. The summed E-state index contributed by atoms with van der Waals surface area (Å²) in [5, 5.41) is 19.0. The minimum absolute atomic E-state index is 0.141. The Kier molecular flexibility index (Phi) is 10.2. The van der Waals surface area contributed by atoms with Crippen LogP contribution >= 0.6 is 11.3 Å². The Bertz CT molecular complexity index is 516. The van der Waals surface area contributed by atoms with Gasteiger partial charge in [-0.2, -0.15) is 0 Å². The monoisotopic (exact) mass is 369 g/mol. The number of carbonyl (C=O) groups excluding carboxylic acids is 1. The summed E-state index contributed by atoms with van der Waals surface area (Å²) in [6, 6.07) is 3.86. The van der Waals surface area contributed by atoms with Crippen LogP contribution in [-0.2, 0) is 15.1 Å². The number of guanidine groups is 1. The maximum Gasteiger partial charge on any atom is 0.305 e. The average molecular weight is 370 g/mol. The molecule has 0 aliphatic rings. The van der Waals surface area contributed by atoms with Gasteiger partial charge in [-0.05, 0) is 38.1 Å². The molecule has 6 nitrogen and oxygen atoms in total. The van der Waals surface area contributed by atoms with Gasteiger partial charge in [0.1, 0.15) is 5.60 Å². The van der Waals surface area contributed by atoms with Crippen LogP contribution in [0.5, 0.6) is 0 Å². The van der Waals surface area contributed by atoms with Crippen molar-refractivity contribution in [2.24, 2.45) is 4.99 Å². The molecular weight excluding hydrogens is 338 g/mol. The number of nitrogens with zero attached hydrogens (tertiary/aromatic N) is 1. The van der Waals surface area contributed by atoms with Crippen LogP contribution < -0.4 is 10.6 Å². The van der Waals surface area contributed by atoms with Gasteiger partial charge >= 0.3 is 5.97 Å². The zero-order chi connectivity index (χ0) is 18.5. The topological polar surface area (TPSA) is 83.0 Å². The summed E-state index contributed by atoms with van der Waals surface area (Å²) in [4.78, 5) is 16.4. The minimum atomic E-state index is -0.954. The van der Waals surface area contributed by atoms with Crippen LogP contribution in [0.1, 0.15) is 50.8 Å². The molecule has 0 spiro atoms. The summed E-state index contributed by atoms with van der Waals surface area (Å²) >= 11 is 1.53. The fraction of sp³-hybridized carbons (Fsp3) is 0.667. The standard InChI is InChI=1S/C18H31N3O3S/c1-4-19-17(20-12-8-6-5-7-11-16(22)24-3)21-14-18(2,23)15-10-9-13-25-15/h9-10,13,23H,4-8,11-12,14H2,1-3H3,(H2,19,20,21). The van der Waals surface area contributed by atoms with E-state index >= 15 is 0 Å². The second-order valence-corrected chi connectivity index (χ2v) is 7.06. The molecule has 25 heavy (non-hydrogen) atoms. The molecule has 1 aromatic rings. The van der Waals surface area contributed by atoms with Gasteiger partial charge in [0.2, 0.25) is 0 Å². The highest BCUT2D eigenvalue weighted by Crippen LogP contribution is 2.25. The van der Waals surface area contributed by atoms with Crippen molar-refractivity contribution in [3.8, 4) is 0 Å². The molecule has 142 valence electrons. The van der Waals surface area contributed by atoms with Gasteiger partial charge in [-0.3, -0.25) is 4.79 Å². The van der Waals surface area contributed by atoms with Gasteiger partial charge in [0, 0.05) is 24.4 Å². The van der Waals surface area contributed by atoms with Crippen molar-refractivity contribution in [2.75, 3.05) is 26.7 Å². The Morgan fingerprint density at radius 1 is 1.32 bits per heavy atom. The third-order valence-corrected chi connectivity index (χ3v) is 4.89. The SMILES string of the molecule is CCNC(=NCC(C)(O)c1cccs1)NCCCCCCC(=O)OC. The van der Waals surface area contributed by atoms with E-state index in [1.165, 1.54) is 18.4 Å². The van der Waals surface area contributed by atoms with E-state index in [0.717, 1.165) is 43.6 Å². The first-order valence-corrected chi connectivity index (χ1v) is 9.73. The number of nitrogens with one attached hydrogen (secondary N) is 2. The maximum absolute atomic E-state index is 11.0. The zero-order valence-electron chi connectivity index (χ0n) is 15.5. The lowest BCUT2D eigenvalue weighted by Gasteiger charge is -2.20. The van der Waals surface area contributed by atoms with Crippen LogP contribution in [0, 0.1) is 0 Å². The van der Waals surface area contributed by atoms with Gasteiger partial charge in [0.15, 0.2) is 5.96 Å². The Morgan fingerprint density at radius 3 is 2.72 bits per heavy atom. The highest BCUT2D eigenvalue weighted by atomic mass is 32.1. The Labute approximate surface area is 154 Å². The lowest BCUT2D eigenvalue weighted by Crippen LogP contribution is -2.39. The summed E-state index contributed by atoms with van der Waals surface area (Å²) in [6.07, 6.45) is 4.43. The number of unbranched alkanes of at least 4 members (excludes halogenated alkanes) is 3. The van der Waals surface area contributed by atoms with Crippen molar-refractivity contribution in [1.29, 1.82) is 0 Å². The molecule has 0 radical (unpaired) electrons. The largest absolute Gasteiger partial charge is 0.469 e. The summed E-state index contributed by atoms with van der Waals surface area (Å²) in [5.74, 6) is 0.575. The minimum Gasteiger partial charge on any atom is -0.469 e. The average Bonchev–Trinajstić information content (AvgIpc) is 3.14. The predicted molar refractivity (Wildman–Crippen MR) is 103 cm³/mol. The molecule has 1 aromatic heterocycles. The summed E-state index contributed by atoms with van der Waals surface area (Å²) in [5.41, 5.74) is -0.954. The van der Waals surface area contributed by atoms with E-state index in [0.29, 0.717) is 18.9 Å². The Hall–Kier alpha value is -1.60. The number of ether oxygens (including phenoxy) is 1. The number of carbonyl (C=O) groups is 1. The third-order valence-electron chi connectivity index (χ3n) is 3.77. The lowest BCUT2D eigenvalue weighted by molar-refractivity contribution is -0.140. The summed E-state index contributed by atoms with van der Waals surface area (Å²) in [6.45, 7) is 5.69. The smallest absolute Gasteiger partial charge is 0.305 e. The van der Waals surface area contributed by atoms with Gasteiger partial charge in [0.05, 0.1) is 13.7 Å². The molecule has 1 heterocycles. The first-order valence-electron chi connectivity index (χ1n) is 8.85. The van der Waals surface area contributed by atoms with Crippen LogP contribution in [0.2, 0.25) is 0 Å². The van der Waals surface area contributed by atoms with E-state index in [1.807, 2.05) is 24.4 Å². The molecule has 0 saturated carbocycles. The first kappa shape index (κ1) is 21.4. The molecule has 0 fully saturated rings. The van der Waals surface area contributed by atoms with Gasteiger partial charge in [-0.25, -0.2) is 4.99 Å². The maximum atomic E-state index is 11.0. The molecule has 0 saturated heterocycles. The van der Waals surface area contributed by atoms with Crippen LogP contribution in [-0.4, -0.2) is 43.8 Å². The van der Waals surface area contributed by atoms with E-state index in [1.54, 1.807) is 6.92 Å². The number of esters is 1. The quantitative estimate of drug-likeness (QED) is 0.242. The molecule has 0 aliphatic carbocycles. The van der Waals surface area contributed by atoms with Gasteiger partial charge in [-0.15, -0.1) is 11.3 Å². The van der Waals surface area contributed by atoms with E-state index in [4.69, 9.17) is 0 Å². The van der Waals surface area contributed by atoms with E-state index < -0.39 is 5.60 Å². The number of thiophene rings is 1. The van der Waals surface area contributed by atoms with E-state index in [2.05, 4.69) is 20.4 Å². The summed E-state index contributed by atoms with van der Waals surface area (Å²) < 4.78 is 4.62. The summed E-state index contributed by atoms with van der Waals surface area (Å²) in [7, 11) is 1.42. The number of hydrogen-bond acceptors (Lipinski definition) is 5. The number of rotatable bonds is 11. The number of hydrogen-bond donors (Lipinski definition) is 3. The zero-order valence-corrected chi connectivity index (χ0v) is 16.3. The van der Waals surface area contributed by atoms with Crippen molar-refractivity contribution < 1.29 is 14.6 Å². The van der Waals surface area contributed by atoms with Crippen molar-refractivity contribution in [1.82, 2.24) is 10.6 Å². The van der Waals surface area contributed by atoms with E-state index in [-0.39, 0.29) is 5.97 Å². The van der Waals surface area contributed by atoms with E-state index in [9.17, 15) is 9.90 Å². The Balaban J connectivity index is 2.30. The number of aliphatic imine (C=N–C) groups is 1. The molecule has 7 heteroatoms. The van der Waals surface area contributed by atoms with Gasteiger partial charge in [-0.1, -0.05) is 18.9 Å². The van der Waals surface area contributed by atoms with Gasteiger partial charge < -0.3 is 20.5 Å². The predicted octanol–water partition coefficient (Wildman–Crippen LogP) is 2.63. The molecule has 0 amide bonds. The second-order valence-electron chi connectivity index (χ2n) is 6.11. The van der Waals surface area contributed by atoms with Crippen molar-refractivity contribution in [2.45, 2.75) is 51.6 Å². The van der Waals surface area contributed by atoms with Crippen LogP contribution in [0.4, 0.5) is 0 Å². The fourth-order valence-electron chi connectivity index (χ4n) is 2.29. The van der Waals surface area contributed by atoms with Crippen LogP contribution in [0.25, 0.3) is 0 Å². The number of methoxy groups -OCH3 is 1. The molecule has 1 rings (SSSR count).